The van der Waals surface area contributed by atoms with Crippen molar-refractivity contribution in [3.8, 4) is 0 Å². The van der Waals surface area contributed by atoms with E-state index in [1.165, 1.54) is 70.6 Å². The number of ketones is 1. The Hall–Kier alpha value is -0.370. The zero-order valence-electron chi connectivity index (χ0n) is 12.8. The molecule has 0 aliphatic carbocycles. The first-order chi connectivity index (χ1) is 9.34. The Kier molecular flexibility index (Phi) is 10.1. The van der Waals surface area contributed by atoms with Crippen molar-refractivity contribution in [2.45, 2.75) is 96.5 Å². The van der Waals surface area contributed by atoms with E-state index in [1.807, 2.05) is 0 Å². The molecule has 1 fully saturated rings. The highest BCUT2D eigenvalue weighted by atomic mass is 16.6. The average molecular weight is 268 g/mol. The van der Waals surface area contributed by atoms with Gasteiger partial charge in [0.25, 0.3) is 0 Å². The van der Waals surface area contributed by atoms with Gasteiger partial charge in [0, 0.05) is 6.42 Å². The summed E-state index contributed by atoms with van der Waals surface area (Å²) in [5, 5.41) is 0. The van der Waals surface area contributed by atoms with Gasteiger partial charge in [-0.2, -0.15) is 0 Å². The van der Waals surface area contributed by atoms with Crippen molar-refractivity contribution in [3.63, 3.8) is 0 Å². The van der Waals surface area contributed by atoms with Crippen molar-refractivity contribution < 1.29 is 9.53 Å². The molecule has 0 aromatic carbocycles. The van der Waals surface area contributed by atoms with Crippen LogP contribution in [0, 0.1) is 0 Å². The molecule has 1 rings (SSSR count). The van der Waals surface area contributed by atoms with Gasteiger partial charge in [0.1, 0.15) is 6.10 Å². The fraction of sp³-hybridized carbons (Fsp3) is 0.941. The number of carbonyl (C=O) groups excluding carboxylic acids is 1. The lowest BCUT2D eigenvalue weighted by atomic mass is 10.0. The molecule has 19 heavy (non-hydrogen) atoms. The summed E-state index contributed by atoms with van der Waals surface area (Å²) in [7, 11) is 0. The highest BCUT2D eigenvalue weighted by molar-refractivity contribution is 5.84. The molecule has 0 aromatic rings. The first kappa shape index (κ1) is 16.7. The standard InChI is InChI=1S/C17H32O2/c1-2-3-4-5-6-7-8-9-10-11-12-13-14-16(18)17-15-19-17/h17H,2-15H2,1H3. The van der Waals surface area contributed by atoms with E-state index in [2.05, 4.69) is 6.92 Å². The van der Waals surface area contributed by atoms with Crippen LogP contribution in [0.1, 0.15) is 90.4 Å². The molecule has 0 saturated carbocycles. The minimum atomic E-state index is -0.0206. The maximum Gasteiger partial charge on any atom is 0.163 e. The lowest BCUT2D eigenvalue weighted by Gasteiger charge is -2.02. The van der Waals surface area contributed by atoms with Crippen molar-refractivity contribution in [1.29, 1.82) is 0 Å². The van der Waals surface area contributed by atoms with Gasteiger partial charge >= 0.3 is 0 Å². The van der Waals surface area contributed by atoms with Gasteiger partial charge in [0.05, 0.1) is 6.61 Å². The van der Waals surface area contributed by atoms with Gasteiger partial charge in [-0.3, -0.25) is 4.79 Å². The SMILES string of the molecule is CCCCCCCCCCCCCCC(=O)C1CO1. The second-order valence-electron chi connectivity index (χ2n) is 5.93. The fourth-order valence-electron chi connectivity index (χ4n) is 2.54. The summed E-state index contributed by atoms with van der Waals surface area (Å²) in [6.07, 6.45) is 16.9. The smallest absolute Gasteiger partial charge is 0.163 e. The van der Waals surface area contributed by atoms with Gasteiger partial charge in [-0.1, -0.05) is 77.6 Å². The van der Waals surface area contributed by atoms with Gasteiger partial charge in [-0.15, -0.1) is 0 Å². The molecule has 1 aliphatic rings. The van der Waals surface area contributed by atoms with E-state index in [9.17, 15) is 4.79 Å². The van der Waals surface area contributed by atoms with Gasteiger partial charge in [0.15, 0.2) is 5.78 Å². The molecule has 0 amide bonds. The molecule has 2 heteroatoms. The number of unbranched alkanes of at least 4 members (excludes halogenated alkanes) is 11. The summed E-state index contributed by atoms with van der Waals surface area (Å²) in [5.74, 6) is 0.326. The number of ether oxygens (including phenoxy) is 1. The van der Waals surface area contributed by atoms with Gasteiger partial charge in [0.2, 0.25) is 0 Å². The maximum absolute atomic E-state index is 11.4. The lowest BCUT2D eigenvalue weighted by Crippen LogP contribution is -2.05. The minimum Gasteiger partial charge on any atom is -0.365 e. The number of Topliss-reactive ketones (excluding diaryl/α,β-unsaturated/α-hetero) is 1. The Labute approximate surface area is 119 Å². The highest BCUT2D eigenvalue weighted by Gasteiger charge is 2.29. The second-order valence-corrected chi connectivity index (χ2v) is 5.93. The molecule has 0 N–H and O–H groups in total. The van der Waals surface area contributed by atoms with E-state index >= 15 is 0 Å². The predicted octanol–water partition coefficient (Wildman–Crippen LogP) is 5.05. The fourth-order valence-corrected chi connectivity index (χ4v) is 2.54. The summed E-state index contributed by atoms with van der Waals surface area (Å²) < 4.78 is 4.98. The molecule has 0 aromatic heterocycles. The van der Waals surface area contributed by atoms with Crippen LogP contribution in [-0.4, -0.2) is 18.5 Å². The van der Waals surface area contributed by atoms with E-state index < -0.39 is 0 Å². The van der Waals surface area contributed by atoms with Gasteiger partial charge < -0.3 is 4.74 Å². The second kappa shape index (κ2) is 11.5. The Bertz CT molecular complexity index is 221. The van der Waals surface area contributed by atoms with Crippen LogP contribution in [0.5, 0.6) is 0 Å². The Morgan fingerprint density at radius 3 is 1.68 bits per heavy atom. The highest BCUT2D eigenvalue weighted by Crippen LogP contribution is 2.16. The van der Waals surface area contributed by atoms with E-state index in [-0.39, 0.29) is 6.10 Å². The van der Waals surface area contributed by atoms with Crippen molar-refractivity contribution >= 4 is 5.78 Å². The summed E-state index contributed by atoms with van der Waals surface area (Å²) in [6.45, 7) is 2.95. The van der Waals surface area contributed by atoms with Crippen molar-refractivity contribution in [2.24, 2.45) is 0 Å². The van der Waals surface area contributed by atoms with Crippen LogP contribution in [0.15, 0.2) is 0 Å². The molecule has 1 unspecified atom stereocenters. The summed E-state index contributed by atoms with van der Waals surface area (Å²) in [4.78, 5) is 11.4. The number of rotatable bonds is 14. The third kappa shape index (κ3) is 10.1. The van der Waals surface area contributed by atoms with Crippen LogP contribution in [-0.2, 0) is 9.53 Å². The monoisotopic (exact) mass is 268 g/mol. The number of carbonyl (C=O) groups is 1. The zero-order chi connectivity index (χ0) is 13.8. The number of hydrogen-bond donors (Lipinski definition) is 0. The molecule has 1 saturated heterocycles. The zero-order valence-corrected chi connectivity index (χ0v) is 12.8. The third-order valence-corrected chi connectivity index (χ3v) is 3.97. The number of hydrogen-bond acceptors (Lipinski definition) is 2. The van der Waals surface area contributed by atoms with Crippen LogP contribution in [0.2, 0.25) is 0 Å². The first-order valence-electron chi connectivity index (χ1n) is 8.49. The molecular formula is C17H32O2. The lowest BCUT2D eigenvalue weighted by molar-refractivity contribution is -0.120. The molecule has 112 valence electrons. The number of epoxide rings is 1. The Balaban J connectivity index is 1.68. The largest absolute Gasteiger partial charge is 0.365 e. The first-order valence-corrected chi connectivity index (χ1v) is 8.49. The third-order valence-electron chi connectivity index (χ3n) is 3.97. The normalized spacial score (nSPS) is 17.6. The quantitative estimate of drug-likeness (QED) is 0.326. The van der Waals surface area contributed by atoms with Gasteiger partial charge in [-0.05, 0) is 6.42 Å². The van der Waals surface area contributed by atoms with E-state index in [0.717, 1.165) is 12.8 Å². The van der Waals surface area contributed by atoms with Crippen LogP contribution in [0.25, 0.3) is 0 Å². The van der Waals surface area contributed by atoms with Crippen LogP contribution >= 0.6 is 0 Å². The molecule has 0 bridgehead atoms. The minimum absolute atomic E-state index is 0.0206. The van der Waals surface area contributed by atoms with Crippen LogP contribution in [0.4, 0.5) is 0 Å². The topological polar surface area (TPSA) is 29.6 Å². The Morgan fingerprint density at radius 1 is 0.842 bits per heavy atom. The van der Waals surface area contributed by atoms with Gasteiger partial charge in [-0.25, -0.2) is 0 Å². The molecule has 1 heterocycles. The Morgan fingerprint density at radius 2 is 1.26 bits per heavy atom. The van der Waals surface area contributed by atoms with E-state index in [1.54, 1.807) is 0 Å². The molecule has 1 atom stereocenters. The van der Waals surface area contributed by atoms with E-state index in [0.29, 0.717) is 12.4 Å². The maximum atomic E-state index is 11.4. The average Bonchev–Trinajstić information content (AvgIpc) is 3.24. The summed E-state index contributed by atoms with van der Waals surface area (Å²) >= 11 is 0. The van der Waals surface area contributed by atoms with Crippen LogP contribution < -0.4 is 0 Å². The molecular weight excluding hydrogens is 236 g/mol. The van der Waals surface area contributed by atoms with Crippen molar-refractivity contribution in [1.82, 2.24) is 0 Å². The predicted molar refractivity (Wildman–Crippen MR) is 80.4 cm³/mol. The summed E-state index contributed by atoms with van der Waals surface area (Å²) in [5.41, 5.74) is 0. The molecule has 1 aliphatic heterocycles. The van der Waals surface area contributed by atoms with Crippen LogP contribution in [0.3, 0.4) is 0 Å². The molecule has 0 spiro atoms. The van der Waals surface area contributed by atoms with E-state index in [4.69, 9.17) is 4.74 Å². The van der Waals surface area contributed by atoms with Crippen molar-refractivity contribution in [2.75, 3.05) is 6.61 Å². The summed E-state index contributed by atoms with van der Waals surface area (Å²) in [6, 6.07) is 0. The molecule has 2 nitrogen and oxygen atoms in total. The van der Waals surface area contributed by atoms with Crippen molar-refractivity contribution in [3.05, 3.63) is 0 Å². The molecule has 0 radical (unpaired) electrons.